The molecule has 2 aromatic carbocycles. The first-order valence-corrected chi connectivity index (χ1v) is 9.77. The summed E-state index contributed by atoms with van der Waals surface area (Å²) in [6.07, 6.45) is -2.69. The third-order valence-electron chi connectivity index (χ3n) is 4.74. The number of aliphatic hydroxyl groups is 1. The van der Waals surface area contributed by atoms with Crippen molar-refractivity contribution in [3.63, 3.8) is 0 Å². The Hall–Kier alpha value is -2.90. The number of aromatic nitrogens is 1. The average molecular weight is 450 g/mol. The number of carbonyl (C=O) groups is 1. The van der Waals surface area contributed by atoms with Crippen LogP contribution in [0.15, 0.2) is 73.1 Å². The minimum Gasteiger partial charge on any atom is -0.461 e. The number of nitrogens with zero attached hydrogens (tertiary/aromatic N) is 1. The summed E-state index contributed by atoms with van der Waals surface area (Å²) in [6, 6.07) is 14.7. The van der Waals surface area contributed by atoms with Crippen molar-refractivity contribution in [2.24, 2.45) is 5.92 Å². The van der Waals surface area contributed by atoms with Gasteiger partial charge in [-0.2, -0.15) is 13.2 Å². The quantitative estimate of drug-likeness (QED) is 0.491. The van der Waals surface area contributed by atoms with Gasteiger partial charge in [0.15, 0.2) is 0 Å². The highest BCUT2D eigenvalue weighted by Gasteiger charge is 2.32. The summed E-state index contributed by atoms with van der Waals surface area (Å²) in [5.41, 5.74) is 0.406. The van der Waals surface area contributed by atoms with Crippen LogP contribution in [0.25, 0.3) is 0 Å². The summed E-state index contributed by atoms with van der Waals surface area (Å²) in [5, 5.41) is 11.2. The maximum Gasteiger partial charge on any atom is 0.416 e. The fourth-order valence-electron chi connectivity index (χ4n) is 3.11. The monoisotopic (exact) mass is 449 g/mol. The van der Waals surface area contributed by atoms with Crippen LogP contribution in [0.1, 0.15) is 28.4 Å². The summed E-state index contributed by atoms with van der Waals surface area (Å²) in [7, 11) is 0. The van der Waals surface area contributed by atoms with E-state index in [1.807, 2.05) is 0 Å². The van der Waals surface area contributed by atoms with Crippen molar-refractivity contribution < 1.29 is 27.8 Å². The lowest BCUT2D eigenvalue weighted by Crippen LogP contribution is -2.27. The predicted molar refractivity (Wildman–Crippen MR) is 109 cm³/mol. The summed E-state index contributed by atoms with van der Waals surface area (Å²) >= 11 is 6.20. The van der Waals surface area contributed by atoms with Gasteiger partial charge in [-0.05, 0) is 47.4 Å². The van der Waals surface area contributed by atoms with Crippen LogP contribution in [0.3, 0.4) is 0 Å². The molecule has 162 valence electrons. The van der Waals surface area contributed by atoms with Gasteiger partial charge in [-0.25, -0.2) is 0 Å². The van der Waals surface area contributed by atoms with E-state index in [0.717, 1.165) is 12.1 Å². The Morgan fingerprint density at radius 3 is 2.55 bits per heavy atom. The van der Waals surface area contributed by atoms with E-state index < -0.39 is 29.7 Å². The molecule has 1 heterocycles. The van der Waals surface area contributed by atoms with Crippen LogP contribution in [0.2, 0.25) is 5.02 Å². The van der Waals surface area contributed by atoms with E-state index in [9.17, 15) is 23.1 Å². The van der Waals surface area contributed by atoms with Crippen LogP contribution >= 0.6 is 11.6 Å². The normalized spacial score (nSPS) is 13.5. The van der Waals surface area contributed by atoms with Crippen LogP contribution in [-0.2, 0) is 28.7 Å². The van der Waals surface area contributed by atoms with Crippen LogP contribution in [0.5, 0.6) is 0 Å². The average Bonchev–Trinajstić information content (AvgIpc) is 2.77. The maximum absolute atomic E-state index is 12.9. The number of ether oxygens (including phenoxy) is 1. The first-order valence-electron chi connectivity index (χ1n) is 9.40. The van der Waals surface area contributed by atoms with Crippen LogP contribution in [-0.4, -0.2) is 16.1 Å². The molecule has 31 heavy (non-hydrogen) atoms. The SMILES string of the molecule is O=C(OCc1cccc(C(F)(F)F)c1)C(Cc1ccccc1Cl)C(O)c1cccnc1. The molecule has 0 bridgehead atoms. The molecule has 0 saturated heterocycles. The largest absolute Gasteiger partial charge is 0.461 e. The van der Waals surface area contributed by atoms with E-state index in [4.69, 9.17) is 16.3 Å². The number of carbonyl (C=O) groups excluding carboxylic acids is 1. The van der Waals surface area contributed by atoms with Gasteiger partial charge in [0.25, 0.3) is 0 Å². The molecule has 0 aliphatic rings. The minimum atomic E-state index is -4.50. The number of esters is 1. The van der Waals surface area contributed by atoms with Crippen LogP contribution in [0, 0.1) is 5.92 Å². The lowest BCUT2D eigenvalue weighted by molar-refractivity contribution is -0.154. The number of hydrogen-bond donors (Lipinski definition) is 1. The van der Waals surface area contributed by atoms with Gasteiger partial charge in [0.1, 0.15) is 6.61 Å². The Labute approximate surface area is 182 Å². The van der Waals surface area contributed by atoms with E-state index in [-0.39, 0.29) is 18.6 Å². The highest BCUT2D eigenvalue weighted by Crippen LogP contribution is 2.31. The number of pyridine rings is 1. The van der Waals surface area contributed by atoms with Gasteiger partial charge < -0.3 is 9.84 Å². The molecule has 0 aliphatic heterocycles. The van der Waals surface area contributed by atoms with Gasteiger partial charge in [0.2, 0.25) is 0 Å². The third-order valence-corrected chi connectivity index (χ3v) is 5.11. The molecule has 4 nitrogen and oxygen atoms in total. The van der Waals surface area contributed by atoms with Crippen molar-refractivity contribution in [3.05, 3.63) is 100 Å². The summed E-state index contributed by atoms with van der Waals surface area (Å²) < 4.78 is 44.0. The Balaban J connectivity index is 1.80. The van der Waals surface area contributed by atoms with Gasteiger partial charge >= 0.3 is 12.1 Å². The first-order chi connectivity index (χ1) is 14.8. The molecule has 1 N–H and O–H groups in total. The van der Waals surface area contributed by atoms with Gasteiger partial charge in [-0.15, -0.1) is 0 Å². The Morgan fingerprint density at radius 2 is 1.87 bits per heavy atom. The molecular formula is C23H19ClF3NO3. The zero-order valence-corrected chi connectivity index (χ0v) is 17.0. The van der Waals surface area contributed by atoms with E-state index in [0.29, 0.717) is 16.1 Å². The Morgan fingerprint density at radius 1 is 1.10 bits per heavy atom. The number of benzene rings is 2. The molecule has 0 fully saturated rings. The molecule has 0 amide bonds. The molecule has 0 saturated carbocycles. The topological polar surface area (TPSA) is 59.4 Å². The van der Waals surface area contributed by atoms with E-state index in [2.05, 4.69) is 4.98 Å². The molecular weight excluding hydrogens is 431 g/mol. The van der Waals surface area contributed by atoms with Gasteiger partial charge in [0.05, 0.1) is 17.6 Å². The zero-order chi connectivity index (χ0) is 22.4. The van der Waals surface area contributed by atoms with Crippen LogP contribution in [0.4, 0.5) is 13.2 Å². The molecule has 0 spiro atoms. The number of alkyl halides is 3. The minimum absolute atomic E-state index is 0.0805. The lowest BCUT2D eigenvalue weighted by atomic mass is 9.90. The number of rotatable bonds is 7. The van der Waals surface area contributed by atoms with Crippen molar-refractivity contribution in [2.75, 3.05) is 0 Å². The summed E-state index contributed by atoms with van der Waals surface area (Å²) in [5.74, 6) is -1.79. The zero-order valence-electron chi connectivity index (χ0n) is 16.2. The standard InChI is InChI=1S/C23H19ClF3NO3/c24-20-9-2-1-6-16(20)12-19(21(29)17-7-4-10-28-13-17)22(30)31-14-15-5-3-8-18(11-15)23(25,26)27/h1-11,13,19,21,29H,12,14H2. The van der Waals surface area contributed by atoms with Crippen molar-refractivity contribution in [1.29, 1.82) is 0 Å². The van der Waals surface area contributed by atoms with Gasteiger partial charge in [-0.1, -0.05) is 48.0 Å². The highest BCUT2D eigenvalue weighted by atomic mass is 35.5. The second-order valence-corrected chi connectivity index (χ2v) is 7.35. The fraction of sp³-hybridized carbons (Fsp3) is 0.217. The van der Waals surface area contributed by atoms with Crippen molar-refractivity contribution in [3.8, 4) is 0 Å². The number of aliphatic hydroxyl groups excluding tert-OH is 1. The van der Waals surface area contributed by atoms with Crippen LogP contribution < -0.4 is 0 Å². The van der Waals surface area contributed by atoms with Crippen molar-refractivity contribution in [1.82, 2.24) is 4.98 Å². The molecule has 3 rings (SSSR count). The summed E-state index contributed by atoms with van der Waals surface area (Å²) in [4.78, 5) is 16.8. The molecule has 2 unspecified atom stereocenters. The fourth-order valence-corrected chi connectivity index (χ4v) is 3.32. The maximum atomic E-state index is 12.9. The first kappa shape index (κ1) is 22.8. The van der Waals surface area contributed by atoms with Gasteiger partial charge in [-0.3, -0.25) is 9.78 Å². The molecule has 0 aliphatic carbocycles. The Bertz CT molecular complexity index is 1030. The van der Waals surface area contributed by atoms with E-state index in [1.54, 1.807) is 36.4 Å². The molecule has 1 aromatic heterocycles. The second kappa shape index (κ2) is 9.94. The highest BCUT2D eigenvalue weighted by molar-refractivity contribution is 6.31. The number of halogens is 4. The van der Waals surface area contributed by atoms with Crippen molar-refractivity contribution in [2.45, 2.75) is 25.3 Å². The van der Waals surface area contributed by atoms with Crippen molar-refractivity contribution >= 4 is 17.6 Å². The smallest absolute Gasteiger partial charge is 0.416 e. The Kier molecular flexibility index (Phi) is 7.30. The lowest BCUT2D eigenvalue weighted by Gasteiger charge is -2.22. The molecule has 8 heteroatoms. The van der Waals surface area contributed by atoms with Gasteiger partial charge in [0, 0.05) is 17.4 Å². The van der Waals surface area contributed by atoms with E-state index in [1.165, 1.54) is 24.5 Å². The molecule has 3 aromatic rings. The second-order valence-electron chi connectivity index (χ2n) is 6.94. The molecule has 2 atom stereocenters. The predicted octanol–water partition coefficient (Wildman–Crippen LogP) is 5.39. The molecule has 0 radical (unpaired) electrons. The third kappa shape index (κ3) is 6.06. The number of hydrogen-bond acceptors (Lipinski definition) is 4. The summed E-state index contributed by atoms with van der Waals surface area (Å²) in [6.45, 7) is -0.360. The van der Waals surface area contributed by atoms with E-state index >= 15 is 0 Å².